The number of nitrogens with one attached hydrogen (secondary N) is 1. The lowest BCUT2D eigenvalue weighted by molar-refractivity contribution is 0.0769. The standard InChI is InChI=1S/C22H26N4O2/c1-3-25(4-2)22(28)19-18-14-8-9-16-26(18)20(24-19)21(27)23-15-10-13-17-11-6-5-7-12-17/h5-9,11-12,14,16H,3-4,10,13,15H2,1-2H3,(H,23,27). The highest BCUT2D eigenvalue weighted by atomic mass is 16.2. The molecule has 1 aromatic carbocycles. The minimum atomic E-state index is -0.271. The van der Waals surface area contributed by atoms with Crippen molar-refractivity contribution >= 4 is 17.3 Å². The van der Waals surface area contributed by atoms with E-state index in [4.69, 9.17) is 0 Å². The quantitative estimate of drug-likeness (QED) is 0.612. The van der Waals surface area contributed by atoms with Crippen molar-refractivity contribution in [2.24, 2.45) is 0 Å². The second kappa shape index (κ2) is 9.17. The molecule has 1 N–H and O–H groups in total. The largest absolute Gasteiger partial charge is 0.349 e. The van der Waals surface area contributed by atoms with Crippen LogP contribution in [-0.2, 0) is 6.42 Å². The van der Waals surface area contributed by atoms with Crippen LogP contribution in [0, 0.1) is 0 Å². The summed E-state index contributed by atoms with van der Waals surface area (Å²) >= 11 is 0. The van der Waals surface area contributed by atoms with Crippen LogP contribution in [0.25, 0.3) is 5.52 Å². The molecule has 0 saturated carbocycles. The van der Waals surface area contributed by atoms with Crippen LogP contribution in [0.15, 0.2) is 54.7 Å². The zero-order valence-electron chi connectivity index (χ0n) is 16.4. The number of nitrogens with zero attached hydrogens (tertiary/aromatic N) is 3. The van der Waals surface area contributed by atoms with Crippen LogP contribution >= 0.6 is 0 Å². The first-order chi connectivity index (χ1) is 13.7. The van der Waals surface area contributed by atoms with Crippen molar-refractivity contribution in [2.75, 3.05) is 19.6 Å². The Kier molecular flexibility index (Phi) is 6.42. The highest BCUT2D eigenvalue weighted by molar-refractivity contribution is 6.02. The Balaban J connectivity index is 1.73. The molecule has 0 aliphatic carbocycles. The molecule has 0 radical (unpaired) electrons. The summed E-state index contributed by atoms with van der Waals surface area (Å²) in [6.45, 7) is 5.61. The van der Waals surface area contributed by atoms with Gasteiger partial charge in [-0.05, 0) is 44.4 Å². The third kappa shape index (κ3) is 4.22. The molecule has 0 spiro atoms. The van der Waals surface area contributed by atoms with Gasteiger partial charge in [0.2, 0.25) is 5.82 Å². The van der Waals surface area contributed by atoms with Gasteiger partial charge in [-0.2, -0.15) is 0 Å². The zero-order chi connectivity index (χ0) is 19.9. The van der Waals surface area contributed by atoms with Gasteiger partial charge < -0.3 is 10.2 Å². The molecule has 0 fully saturated rings. The normalized spacial score (nSPS) is 10.8. The van der Waals surface area contributed by atoms with Crippen LogP contribution in [0.1, 0.15) is 46.9 Å². The van der Waals surface area contributed by atoms with E-state index in [1.165, 1.54) is 5.56 Å². The van der Waals surface area contributed by atoms with Crippen LogP contribution < -0.4 is 5.32 Å². The van der Waals surface area contributed by atoms with Gasteiger partial charge in [0.05, 0.1) is 5.52 Å². The van der Waals surface area contributed by atoms with Gasteiger partial charge in [-0.1, -0.05) is 36.4 Å². The average molecular weight is 378 g/mol. The van der Waals surface area contributed by atoms with Crippen molar-refractivity contribution in [1.82, 2.24) is 19.6 Å². The molecule has 146 valence electrons. The highest BCUT2D eigenvalue weighted by Crippen LogP contribution is 2.15. The summed E-state index contributed by atoms with van der Waals surface area (Å²) in [4.78, 5) is 31.6. The van der Waals surface area contributed by atoms with Crippen molar-refractivity contribution in [3.8, 4) is 0 Å². The maximum Gasteiger partial charge on any atom is 0.287 e. The second-order valence-corrected chi connectivity index (χ2v) is 6.56. The van der Waals surface area contributed by atoms with E-state index < -0.39 is 0 Å². The summed E-state index contributed by atoms with van der Waals surface area (Å²) in [7, 11) is 0. The molecule has 6 nitrogen and oxygen atoms in total. The molecule has 0 aliphatic rings. The van der Waals surface area contributed by atoms with E-state index in [1.54, 1.807) is 15.5 Å². The maximum atomic E-state index is 12.8. The van der Waals surface area contributed by atoms with Crippen LogP contribution in [-0.4, -0.2) is 45.7 Å². The van der Waals surface area contributed by atoms with Crippen molar-refractivity contribution in [2.45, 2.75) is 26.7 Å². The molecule has 0 atom stereocenters. The van der Waals surface area contributed by atoms with Crippen molar-refractivity contribution in [3.05, 3.63) is 71.8 Å². The van der Waals surface area contributed by atoms with E-state index >= 15 is 0 Å². The predicted octanol–water partition coefficient (Wildman–Crippen LogP) is 3.18. The summed E-state index contributed by atoms with van der Waals surface area (Å²) in [6.07, 6.45) is 3.50. The van der Waals surface area contributed by atoms with E-state index in [1.807, 2.05) is 50.2 Å². The van der Waals surface area contributed by atoms with Crippen LogP contribution in [0.4, 0.5) is 0 Å². The smallest absolute Gasteiger partial charge is 0.287 e. The van der Waals surface area contributed by atoms with E-state index in [-0.39, 0.29) is 17.6 Å². The van der Waals surface area contributed by atoms with Crippen molar-refractivity contribution in [3.63, 3.8) is 0 Å². The Labute approximate surface area is 165 Å². The molecule has 2 heterocycles. The second-order valence-electron chi connectivity index (χ2n) is 6.56. The number of amides is 2. The van der Waals surface area contributed by atoms with Gasteiger partial charge in [0.1, 0.15) is 0 Å². The lowest BCUT2D eigenvalue weighted by Crippen LogP contribution is -2.31. The Hall–Kier alpha value is -3.15. The zero-order valence-corrected chi connectivity index (χ0v) is 16.4. The molecule has 2 aromatic heterocycles. The molecule has 6 heteroatoms. The minimum absolute atomic E-state index is 0.156. The van der Waals surface area contributed by atoms with E-state index in [2.05, 4.69) is 22.4 Å². The number of benzene rings is 1. The number of carbonyl (C=O) groups excluding carboxylic acids is 2. The van der Waals surface area contributed by atoms with Gasteiger partial charge in [0, 0.05) is 25.8 Å². The van der Waals surface area contributed by atoms with Gasteiger partial charge in [0.25, 0.3) is 11.8 Å². The van der Waals surface area contributed by atoms with E-state index in [0.717, 1.165) is 12.8 Å². The summed E-state index contributed by atoms with van der Waals surface area (Å²) < 4.78 is 1.68. The third-order valence-corrected chi connectivity index (χ3v) is 4.78. The van der Waals surface area contributed by atoms with E-state index in [9.17, 15) is 9.59 Å². The Morgan fingerprint density at radius 3 is 2.46 bits per heavy atom. The van der Waals surface area contributed by atoms with Crippen LogP contribution in [0.3, 0.4) is 0 Å². The fraction of sp³-hybridized carbons (Fsp3) is 0.318. The number of fused-ring (bicyclic) bond motifs is 1. The SMILES string of the molecule is CCN(CC)C(=O)c1nc(C(=O)NCCCc2ccccc2)n2ccccc12. The minimum Gasteiger partial charge on any atom is -0.349 e. The predicted molar refractivity (Wildman–Crippen MR) is 110 cm³/mol. The number of carbonyl (C=O) groups is 2. The Morgan fingerprint density at radius 1 is 1.04 bits per heavy atom. The monoisotopic (exact) mass is 378 g/mol. The number of rotatable bonds is 8. The number of aryl methyl sites for hydroxylation is 1. The number of pyridine rings is 1. The molecule has 3 aromatic rings. The number of hydrogen-bond acceptors (Lipinski definition) is 3. The average Bonchev–Trinajstić information content (AvgIpc) is 3.12. The van der Waals surface area contributed by atoms with E-state index in [0.29, 0.717) is 30.8 Å². The molecule has 0 aliphatic heterocycles. The molecule has 0 unspecified atom stereocenters. The highest BCUT2D eigenvalue weighted by Gasteiger charge is 2.23. The van der Waals surface area contributed by atoms with Gasteiger partial charge in [-0.25, -0.2) is 4.98 Å². The van der Waals surface area contributed by atoms with Gasteiger partial charge in [-0.15, -0.1) is 0 Å². The van der Waals surface area contributed by atoms with Crippen LogP contribution in [0.2, 0.25) is 0 Å². The topological polar surface area (TPSA) is 66.7 Å². The lowest BCUT2D eigenvalue weighted by Gasteiger charge is -2.17. The number of hydrogen-bond donors (Lipinski definition) is 1. The van der Waals surface area contributed by atoms with Gasteiger partial charge >= 0.3 is 0 Å². The van der Waals surface area contributed by atoms with Crippen molar-refractivity contribution in [1.29, 1.82) is 0 Å². The first-order valence-corrected chi connectivity index (χ1v) is 9.74. The Bertz CT molecular complexity index is 946. The van der Waals surface area contributed by atoms with Gasteiger partial charge in [-0.3, -0.25) is 14.0 Å². The van der Waals surface area contributed by atoms with Crippen molar-refractivity contribution < 1.29 is 9.59 Å². The summed E-state index contributed by atoms with van der Waals surface area (Å²) in [6, 6.07) is 15.7. The maximum absolute atomic E-state index is 12.8. The fourth-order valence-corrected chi connectivity index (χ4v) is 3.23. The number of aromatic nitrogens is 2. The lowest BCUT2D eigenvalue weighted by atomic mass is 10.1. The van der Waals surface area contributed by atoms with Gasteiger partial charge in [0.15, 0.2) is 5.69 Å². The summed E-state index contributed by atoms with van der Waals surface area (Å²) in [5.74, 6) is -0.185. The molecule has 2 amide bonds. The Morgan fingerprint density at radius 2 is 1.75 bits per heavy atom. The molecular weight excluding hydrogens is 352 g/mol. The molecular formula is C22H26N4O2. The summed E-state index contributed by atoms with van der Waals surface area (Å²) in [5.41, 5.74) is 2.21. The first-order valence-electron chi connectivity index (χ1n) is 9.74. The summed E-state index contributed by atoms with van der Waals surface area (Å²) in [5, 5.41) is 2.92. The molecule has 3 rings (SSSR count). The molecule has 0 bridgehead atoms. The molecule has 0 saturated heterocycles. The molecule has 28 heavy (non-hydrogen) atoms. The third-order valence-electron chi connectivity index (χ3n) is 4.78. The number of imidazole rings is 1. The fourth-order valence-electron chi connectivity index (χ4n) is 3.23. The first kappa shape index (κ1) is 19.6. The van der Waals surface area contributed by atoms with Crippen LogP contribution in [0.5, 0.6) is 0 Å².